The van der Waals surface area contributed by atoms with Crippen molar-refractivity contribution in [2.45, 2.75) is 25.0 Å². The Morgan fingerprint density at radius 1 is 1.11 bits per heavy atom. The molecule has 0 fully saturated rings. The van der Waals surface area contributed by atoms with Crippen LogP contribution in [0.4, 0.5) is 0 Å². The molecule has 0 aliphatic carbocycles. The molecule has 1 heterocycles. The van der Waals surface area contributed by atoms with Gasteiger partial charge in [-0.25, -0.2) is 0 Å². The Hall–Kier alpha value is -0.970. The minimum Gasteiger partial charge on any atom is -0.488 e. The molecule has 1 N–H and O–H groups in total. The van der Waals surface area contributed by atoms with Gasteiger partial charge in [-0.1, -0.05) is 6.92 Å². The van der Waals surface area contributed by atoms with Crippen LogP contribution in [0.3, 0.4) is 0 Å². The maximum atomic E-state index is 5.79. The standard InChI is InChI=1S/C15H19NOS2/c1-3-16-10-14-8-9-15(19-14)11-17-12-4-6-13(18-2)7-5-12/h4-9,16H,3,10-11H2,1-2H3. The average molecular weight is 293 g/mol. The van der Waals surface area contributed by atoms with E-state index in [0.717, 1.165) is 18.8 Å². The molecule has 1 aromatic carbocycles. The second-order valence-electron chi connectivity index (χ2n) is 4.11. The molecule has 0 radical (unpaired) electrons. The van der Waals surface area contributed by atoms with Crippen LogP contribution in [0.2, 0.25) is 0 Å². The van der Waals surface area contributed by atoms with Gasteiger partial charge in [0.05, 0.1) is 0 Å². The molecule has 0 atom stereocenters. The summed E-state index contributed by atoms with van der Waals surface area (Å²) < 4.78 is 5.79. The van der Waals surface area contributed by atoms with Crippen LogP contribution in [0.1, 0.15) is 16.7 Å². The number of thiophene rings is 1. The van der Waals surface area contributed by atoms with Crippen LogP contribution in [-0.2, 0) is 13.2 Å². The lowest BCUT2D eigenvalue weighted by molar-refractivity contribution is 0.309. The van der Waals surface area contributed by atoms with Crippen LogP contribution in [0.15, 0.2) is 41.3 Å². The molecule has 0 unspecified atom stereocenters. The molecule has 0 bridgehead atoms. The maximum Gasteiger partial charge on any atom is 0.122 e. The van der Waals surface area contributed by atoms with E-state index in [-0.39, 0.29) is 0 Å². The third-order valence-corrected chi connectivity index (χ3v) is 4.51. The summed E-state index contributed by atoms with van der Waals surface area (Å²) in [7, 11) is 0. The molecule has 102 valence electrons. The van der Waals surface area contributed by atoms with Crippen molar-refractivity contribution >= 4 is 23.1 Å². The highest BCUT2D eigenvalue weighted by Crippen LogP contribution is 2.22. The van der Waals surface area contributed by atoms with Gasteiger partial charge in [0.15, 0.2) is 0 Å². The Kier molecular flexibility index (Phi) is 5.76. The van der Waals surface area contributed by atoms with E-state index in [1.807, 2.05) is 23.5 Å². The summed E-state index contributed by atoms with van der Waals surface area (Å²) in [5, 5.41) is 3.33. The summed E-state index contributed by atoms with van der Waals surface area (Å²) in [4.78, 5) is 3.89. The summed E-state index contributed by atoms with van der Waals surface area (Å²) in [5.41, 5.74) is 0. The number of hydrogen-bond acceptors (Lipinski definition) is 4. The normalized spacial score (nSPS) is 10.6. The molecule has 0 amide bonds. The Bertz CT molecular complexity index is 493. The Morgan fingerprint density at radius 3 is 2.53 bits per heavy atom. The van der Waals surface area contributed by atoms with Crippen LogP contribution < -0.4 is 10.1 Å². The average Bonchev–Trinajstić information content (AvgIpc) is 2.91. The van der Waals surface area contributed by atoms with E-state index in [2.05, 4.69) is 42.8 Å². The third kappa shape index (κ3) is 4.56. The molecular weight excluding hydrogens is 274 g/mol. The van der Waals surface area contributed by atoms with Gasteiger partial charge in [0.25, 0.3) is 0 Å². The first-order chi connectivity index (χ1) is 9.31. The molecule has 2 rings (SSSR count). The maximum absolute atomic E-state index is 5.79. The number of ether oxygens (including phenoxy) is 1. The highest BCUT2D eigenvalue weighted by atomic mass is 32.2. The van der Waals surface area contributed by atoms with Gasteiger partial charge in [-0.05, 0) is 49.2 Å². The molecule has 0 aliphatic heterocycles. The Labute approximate surface area is 123 Å². The van der Waals surface area contributed by atoms with E-state index >= 15 is 0 Å². The lowest BCUT2D eigenvalue weighted by Gasteiger charge is -2.05. The number of rotatable bonds is 7. The number of hydrogen-bond donors (Lipinski definition) is 1. The lowest BCUT2D eigenvalue weighted by atomic mass is 10.3. The quantitative estimate of drug-likeness (QED) is 0.775. The highest BCUT2D eigenvalue weighted by Gasteiger charge is 2.01. The van der Waals surface area contributed by atoms with E-state index in [1.165, 1.54) is 14.6 Å². The van der Waals surface area contributed by atoms with Gasteiger partial charge in [0.1, 0.15) is 12.4 Å². The summed E-state index contributed by atoms with van der Waals surface area (Å²) in [6.07, 6.45) is 2.08. The largest absolute Gasteiger partial charge is 0.488 e. The van der Waals surface area contributed by atoms with Gasteiger partial charge in [0, 0.05) is 21.2 Å². The van der Waals surface area contributed by atoms with Crippen molar-refractivity contribution in [1.82, 2.24) is 5.32 Å². The van der Waals surface area contributed by atoms with Crippen molar-refractivity contribution in [3.8, 4) is 5.75 Å². The predicted molar refractivity (Wildman–Crippen MR) is 84.3 cm³/mol. The summed E-state index contributed by atoms with van der Waals surface area (Å²) in [5.74, 6) is 0.930. The van der Waals surface area contributed by atoms with Crippen molar-refractivity contribution in [3.05, 3.63) is 46.2 Å². The highest BCUT2D eigenvalue weighted by molar-refractivity contribution is 7.98. The number of thioether (sulfide) groups is 1. The van der Waals surface area contributed by atoms with Crippen LogP contribution in [-0.4, -0.2) is 12.8 Å². The summed E-state index contributed by atoms with van der Waals surface area (Å²) in [6.45, 7) is 4.72. The number of nitrogens with one attached hydrogen (secondary N) is 1. The van der Waals surface area contributed by atoms with Crippen molar-refractivity contribution in [3.63, 3.8) is 0 Å². The van der Waals surface area contributed by atoms with Crippen molar-refractivity contribution in [2.75, 3.05) is 12.8 Å². The zero-order valence-corrected chi connectivity index (χ0v) is 12.9. The molecule has 2 aromatic rings. The molecule has 19 heavy (non-hydrogen) atoms. The Balaban J connectivity index is 1.85. The monoisotopic (exact) mass is 293 g/mol. The molecular formula is C15H19NOS2. The fraction of sp³-hybridized carbons (Fsp3) is 0.333. The summed E-state index contributed by atoms with van der Waals surface area (Å²) in [6, 6.07) is 12.5. The molecule has 0 saturated carbocycles. The van der Waals surface area contributed by atoms with E-state index in [1.54, 1.807) is 11.8 Å². The van der Waals surface area contributed by atoms with E-state index < -0.39 is 0 Å². The first-order valence-electron chi connectivity index (χ1n) is 6.37. The van der Waals surface area contributed by atoms with Gasteiger partial charge in [-0.3, -0.25) is 0 Å². The smallest absolute Gasteiger partial charge is 0.122 e. The molecule has 1 aromatic heterocycles. The molecule has 0 spiro atoms. The van der Waals surface area contributed by atoms with Gasteiger partial charge in [0.2, 0.25) is 0 Å². The summed E-state index contributed by atoms with van der Waals surface area (Å²) >= 11 is 3.55. The predicted octanol–water partition coefficient (Wildman–Crippen LogP) is 4.16. The van der Waals surface area contributed by atoms with Crippen molar-refractivity contribution in [2.24, 2.45) is 0 Å². The van der Waals surface area contributed by atoms with E-state index in [0.29, 0.717) is 6.61 Å². The molecule has 0 saturated heterocycles. The topological polar surface area (TPSA) is 21.3 Å². The number of benzene rings is 1. The van der Waals surface area contributed by atoms with Crippen LogP contribution in [0.25, 0.3) is 0 Å². The molecule has 0 aliphatic rings. The van der Waals surface area contributed by atoms with Gasteiger partial charge < -0.3 is 10.1 Å². The fourth-order valence-electron chi connectivity index (χ4n) is 1.67. The second kappa shape index (κ2) is 7.58. The minimum absolute atomic E-state index is 0.648. The first-order valence-corrected chi connectivity index (χ1v) is 8.41. The SMILES string of the molecule is CCNCc1ccc(COc2ccc(SC)cc2)s1. The van der Waals surface area contributed by atoms with Gasteiger partial charge in [-0.2, -0.15) is 0 Å². The lowest BCUT2D eigenvalue weighted by Crippen LogP contribution is -2.10. The third-order valence-electron chi connectivity index (χ3n) is 2.71. The van der Waals surface area contributed by atoms with Crippen LogP contribution in [0, 0.1) is 0 Å². The minimum atomic E-state index is 0.648. The fourth-order valence-corrected chi connectivity index (χ4v) is 2.98. The van der Waals surface area contributed by atoms with Gasteiger partial charge in [-0.15, -0.1) is 23.1 Å². The van der Waals surface area contributed by atoms with Crippen LogP contribution >= 0.6 is 23.1 Å². The Morgan fingerprint density at radius 2 is 1.84 bits per heavy atom. The van der Waals surface area contributed by atoms with Crippen molar-refractivity contribution < 1.29 is 4.74 Å². The van der Waals surface area contributed by atoms with Crippen LogP contribution in [0.5, 0.6) is 5.75 Å². The van der Waals surface area contributed by atoms with Crippen molar-refractivity contribution in [1.29, 1.82) is 0 Å². The zero-order chi connectivity index (χ0) is 13.5. The van der Waals surface area contributed by atoms with E-state index in [9.17, 15) is 0 Å². The van der Waals surface area contributed by atoms with Gasteiger partial charge >= 0.3 is 0 Å². The van der Waals surface area contributed by atoms with E-state index in [4.69, 9.17) is 4.74 Å². The zero-order valence-electron chi connectivity index (χ0n) is 11.3. The first kappa shape index (κ1) is 14.4. The second-order valence-corrected chi connectivity index (χ2v) is 6.25. The molecule has 2 nitrogen and oxygen atoms in total. The molecule has 4 heteroatoms.